The molecule has 3 atom stereocenters. The van der Waals surface area contributed by atoms with Gasteiger partial charge in [0.15, 0.2) is 0 Å². The number of carbonyl (C=O) groups excluding carboxylic acids is 4. The molecule has 4 saturated carbocycles. The summed E-state index contributed by atoms with van der Waals surface area (Å²) in [6.45, 7) is 0. The van der Waals surface area contributed by atoms with Gasteiger partial charge in [0.2, 0.25) is 0 Å². The fraction of sp³-hybridized carbons (Fsp3) is 0.545. The van der Waals surface area contributed by atoms with Crippen LogP contribution in [0.2, 0.25) is 0 Å². The molecule has 6 rings (SSSR count). The minimum Gasteiger partial charge on any atom is -0.454 e. The molecule has 1 aliphatic heterocycles. The van der Waals surface area contributed by atoms with Crippen molar-refractivity contribution in [1.82, 2.24) is 5.06 Å². The molecule has 5 aliphatic rings. The summed E-state index contributed by atoms with van der Waals surface area (Å²) in [5.41, 5.74) is -0.954. The number of halogens is 2. The van der Waals surface area contributed by atoms with Gasteiger partial charge in [-0.1, -0.05) is 30.3 Å². The third kappa shape index (κ3) is 3.54. The van der Waals surface area contributed by atoms with Gasteiger partial charge in [0.05, 0.1) is 5.92 Å². The lowest BCUT2D eigenvalue weighted by molar-refractivity contribution is -0.203. The van der Waals surface area contributed by atoms with Crippen LogP contribution in [0.5, 0.6) is 0 Å². The Hall–Kier alpha value is -2.73. The van der Waals surface area contributed by atoms with Gasteiger partial charge in [-0.25, -0.2) is 4.79 Å². The summed E-state index contributed by atoms with van der Waals surface area (Å²) in [5.74, 6) is -6.43. The van der Waals surface area contributed by atoms with E-state index in [9.17, 15) is 36.4 Å². The van der Waals surface area contributed by atoms with Crippen LogP contribution in [0.3, 0.4) is 0 Å². The maximum Gasteiger partial charge on any atom is 0.468 e. The van der Waals surface area contributed by atoms with Gasteiger partial charge in [-0.15, -0.1) is 9.35 Å². The number of amides is 2. The summed E-state index contributed by atoms with van der Waals surface area (Å²) in [6, 6.07) is 7.90. The molecule has 0 aromatic heterocycles. The van der Waals surface area contributed by atoms with Crippen molar-refractivity contribution < 1.29 is 45.4 Å². The van der Waals surface area contributed by atoms with Crippen molar-refractivity contribution in [3.05, 3.63) is 35.9 Å². The minimum atomic E-state index is -6.10. The quantitative estimate of drug-likeness (QED) is 0.432. The van der Waals surface area contributed by atoms with Gasteiger partial charge in [0.1, 0.15) is 11.4 Å². The molecule has 1 saturated heterocycles. The van der Waals surface area contributed by atoms with E-state index in [1.807, 2.05) is 0 Å². The highest BCUT2D eigenvalue weighted by atomic mass is 32.2. The molecule has 4 bridgehead atoms. The number of ether oxygens (including phenoxy) is 1. The fourth-order valence-electron chi connectivity index (χ4n) is 5.94. The largest absolute Gasteiger partial charge is 0.468 e. The van der Waals surface area contributed by atoms with Gasteiger partial charge in [0, 0.05) is 18.3 Å². The summed E-state index contributed by atoms with van der Waals surface area (Å²) < 4.78 is 63.5. The first-order valence-electron chi connectivity index (χ1n) is 10.9. The number of alkyl halides is 2. The highest BCUT2D eigenvalue weighted by Crippen LogP contribution is 2.56. The molecular formula is C22H21F2NO8S. The van der Waals surface area contributed by atoms with E-state index in [0.717, 1.165) is 0 Å². The molecule has 4 aliphatic carbocycles. The smallest absolute Gasteiger partial charge is 0.454 e. The topological polar surface area (TPSA) is 124 Å². The average molecular weight is 497 g/mol. The monoisotopic (exact) mass is 497 g/mol. The van der Waals surface area contributed by atoms with E-state index >= 15 is 0 Å². The van der Waals surface area contributed by atoms with Crippen molar-refractivity contribution in [1.29, 1.82) is 0 Å². The molecule has 9 nitrogen and oxygen atoms in total. The maximum atomic E-state index is 14.8. The van der Waals surface area contributed by atoms with E-state index in [-0.39, 0.29) is 36.0 Å². The lowest BCUT2D eigenvalue weighted by Gasteiger charge is -2.54. The van der Waals surface area contributed by atoms with E-state index in [1.54, 1.807) is 18.2 Å². The summed E-state index contributed by atoms with van der Waals surface area (Å²) in [7, 11) is -6.10. The number of nitrogens with zero attached hydrogens (tertiary/aromatic N) is 1. The molecular weight excluding hydrogens is 476 g/mol. The lowest BCUT2D eigenvalue weighted by atomic mass is 9.53. The molecule has 0 spiro atoms. The van der Waals surface area contributed by atoms with Crippen LogP contribution in [0, 0.1) is 17.8 Å². The molecule has 182 valence electrons. The summed E-state index contributed by atoms with van der Waals surface area (Å²) in [5, 5.41) is -5.41. The number of hydrogen-bond donors (Lipinski definition) is 0. The first-order valence-corrected chi connectivity index (χ1v) is 12.3. The molecule has 12 heteroatoms. The van der Waals surface area contributed by atoms with Gasteiger partial charge < -0.3 is 4.74 Å². The van der Waals surface area contributed by atoms with Gasteiger partial charge in [-0.2, -0.15) is 17.2 Å². The number of hydrogen-bond acceptors (Lipinski definition) is 8. The van der Waals surface area contributed by atoms with E-state index < -0.39 is 62.9 Å². The van der Waals surface area contributed by atoms with Gasteiger partial charge in [0.25, 0.3) is 11.8 Å². The Balaban J connectivity index is 1.31. The zero-order valence-corrected chi connectivity index (χ0v) is 18.6. The third-order valence-corrected chi connectivity index (χ3v) is 8.42. The molecule has 5 fully saturated rings. The number of imide groups is 1. The standard InChI is InChI=1S/C22H21F2NO8S/c23-22(24,20(29)32-21-9-12-6-14(10-21)18(27)15(7-12)11-21)34(30,31)33-25-17(26)8-16(19(25)28)13-4-2-1-3-5-13/h1-5,12,14-16H,6-11H2. The zero-order valence-electron chi connectivity index (χ0n) is 17.8. The van der Waals surface area contributed by atoms with E-state index in [2.05, 4.69) is 4.28 Å². The Morgan fingerprint density at radius 1 is 1.03 bits per heavy atom. The van der Waals surface area contributed by atoms with E-state index in [0.29, 0.717) is 18.4 Å². The second kappa shape index (κ2) is 7.64. The summed E-state index contributed by atoms with van der Waals surface area (Å²) in [6.07, 6.45) is 1.16. The average Bonchev–Trinajstić information content (AvgIpc) is 3.05. The Morgan fingerprint density at radius 3 is 2.26 bits per heavy atom. The van der Waals surface area contributed by atoms with E-state index in [1.165, 1.54) is 12.1 Å². The molecule has 2 amide bonds. The van der Waals surface area contributed by atoms with Crippen LogP contribution in [-0.2, 0) is 38.3 Å². The molecule has 1 aromatic carbocycles. The second-order valence-electron chi connectivity index (χ2n) is 9.56. The highest BCUT2D eigenvalue weighted by molar-refractivity contribution is 7.88. The van der Waals surface area contributed by atoms with Crippen molar-refractivity contribution >= 4 is 33.7 Å². The number of carbonyl (C=O) groups is 4. The Morgan fingerprint density at radius 2 is 1.65 bits per heavy atom. The van der Waals surface area contributed by atoms with Crippen molar-refractivity contribution in [2.45, 2.75) is 55.3 Å². The van der Waals surface area contributed by atoms with Crippen molar-refractivity contribution in [3.8, 4) is 0 Å². The lowest BCUT2D eigenvalue weighted by Crippen LogP contribution is -2.58. The molecule has 0 N–H and O–H groups in total. The normalized spacial score (nSPS) is 33.0. The number of ketones is 1. The van der Waals surface area contributed by atoms with Crippen molar-refractivity contribution in [2.75, 3.05) is 0 Å². The molecule has 1 heterocycles. The first-order chi connectivity index (χ1) is 15.9. The van der Waals surface area contributed by atoms with Gasteiger partial charge in [-0.3, -0.25) is 14.4 Å². The predicted molar refractivity (Wildman–Crippen MR) is 108 cm³/mol. The second-order valence-corrected chi connectivity index (χ2v) is 11.1. The van der Waals surface area contributed by atoms with Crippen LogP contribution in [-0.4, -0.2) is 47.9 Å². The van der Waals surface area contributed by atoms with Crippen LogP contribution in [0.25, 0.3) is 0 Å². The number of Topliss-reactive ketones (excluding diaryl/α,β-unsaturated/α-hetero) is 1. The van der Waals surface area contributed by atoms with Gasteiger partial charge >= 0.3 is 21.3 Å². The molecule has 0 radical (unpaired) electrons. The van der Waals surface area contributed by atoms with Gasteiger partial charge in [-0.05, 0) is 43.6 Å². The van der Waals surface area contributed by atoms with Crippen LogP contribution < -0.4 is 0 Å². The van der Waals surface area contributed by atoms with Crippen LogP contribution >= 0.6 is 0 Å². The van der Waals surface area contributed by atoms with E-state index in [4.69, 9.17) is 4.74 Å². The molecule has 34 heavy (non-hydrogen) atoms. The predicted octanol–water partition coefficient (Wildman–Crippen LogP) is 2.07. The Labute approximate surface area is 193 Å². The third-order valence-electron chi connectivity index (χ3n) is 7.28. The number of esters is 1. The number of rotatable bonds is 6. The molecule has 3 unspecified atom stereocenters. The zero-order chi connectivity index (χ0) is 24.5. The summed E-state index contributed by atoms with van der Waals surface area (Å²) >= 11 is 0. The maximum absolute atomic E-state index is 14.8. The molecule has 1 aromatic rings. The van der Waals surface area contributed by atoms with Crippen LogP contribution in [0.4, 0.5) is 8.78 Å². The Kier molecular flexibility index (Phi) is 5.17. The highest BCUT2D eigenvalue weighted by Gasteiger charge is 2.63. The first kappa shape index (κ1) is 23.0. The van der Waals surface area contributed by atoms with Crippen molar-refractivity contribution in [3.63, 3.8) is 0 Å². The number of hydroxylamine groups is 2. The minimum absolute atomic E-state index is 0.0318. The fourth-order valence-corrected chi connectivity index (χ4v) is 6.63. The number of benzene rings is 1. The van der Waals surface area contributed by atoms with Crippen LogP contribution in [0.1, 0.15) is 50.0 Å². The van der Waals surface area contributed by atoms with Crippen molar-refractivity contribution in [2.24, 2.45) is 17.8 Å². The summed E-state index contributed by atoms with van der Waals surface area (Å²) in [4.78, 5) is 49.4. The SMILES string of the molecule is O=C1C2CC3CC1CC(OC(=O)C(F)(F)S(=O)(=O)ON1C(=O)CC(c4ccccc4)C1=O)(C3)C2. The Bertz CT molecular complexity index is 1170. The van der Waals surface area contributed by atoms with Crippen LogP contribution in [0.15, 0.2) is 30.3 Å².